The summed E-state index contributed by atoms with van der Waals surface area (Å²) in [6.07, 6.45) is 2.18. The Balaban J connectivity index is 0.892. The van der Waals surface area contributed by atoms with E-state index in [0.717, 1.165) is 30.8 Å². The number of aromatic amines is 1. The van der Waals surface area contributed by atoms with E-state index in [-0.39, 0.29) is 54.7 Å². The molecule has 7 aromatic rings. The molecule has 0 spiro atoms. The molecule has 3 aromatic carbocycles. The zero-order chi connectivity index (χ0) is 51.6. The topological polar surface area (TPSA) is 242 Å². The van der Waals surface area contributed by atoms with Crippen LogP contribution in [0.15, 0.2) is 81.0 Å². The fourth-order valence-corrected chi connectivity index (χ4v) is 9.14. The summed E-state index contributed by atoms with van der Waals surface area (Å²) in [5, 5.41) is 29.3. The molecule has 5 heterocycles. The van der Waals surface area contributed by atoms with Crippen LogP contribution in [0.5, 0.6) is 0 Å². The molecule has 1 saturated heterocycles. The number of aliphatic hydroxyl groups is 1. The van der Waals surface area contributed by atoms with Gasteiger partial charge >= 0.3 is 11.4 Å². The van der Waals surface area contributed by atoms with Crippen molar-refractivity contribution in [1.29, 1.82) is 0 Å². The smallest absolute Gasteiger partial charge is 0.335 e. The van der Waals surface area contributed by atoms with Gasteiger partial charge < -0.3 is 25.4 Å². The fourth-order valence-electron chi connectivity index (χ4n) is 8.12. The van der Waals surface area contributed by atoms with Crippen LogP contribution in [0.2, 0.25) is 5.02 Å². The van der Waals surface area contributed by atoms with Gasteiger partial charge in [-0.25, -0.2) is 42.0 Å². The minimum Gasteiger partial charge on any atom is -0.391 e. The average Bonchev–Trinajstić information content (AvgIpc) is 4.14. The number of aliphatic hydroxyl groups excluding tert-OH is 1. The summed E-state index contributed by atoms with van der Waals surface area (Å²) in [5.41, 5.74) is 1.77. The molecular formula is C47H49ClF3N13O7S. The standard InChI is InChI=1S/C47H49ClF3N13O7S/c1-25-40(72-24-53-25)27-8-6-26(7-9-27)17-52-42(67)38-14-31(65)22-62(38)43(68)41(47(2,3)4)55-39(66)23-71-11-10-61-20-30(57-59-61)21-64-45(69)56-44(54-37-13-29-18-60(5)58-36(29)15-32(37)48)63(46(64)70)19-28-12-34(50)35(51)16-33(28)49/h6-9,12-13,15-16,18,20,24,31,38,41,65H,10-11,14,17,19,21-23H2,1-5H3,(H,52,67)(H,55,66)(H,54,56,69). The van der Waals surface area contributed by atoms with Gasteiger partial charge in [-0.1, -0.05) is 61.9 Å². The average molecular weight is 1030 g/mol. The number of fused-ring (bicyclic) bond motifs is 1. The van der Waals surface area contributed by atoms with E-state index in [0.29, 0.717) is 23.0 Å². The van der Waals surface area contributed by atoms with Gasteiger partial charge in [0.05, 0.1) is 70.9 Å². The van der Waals surface area contributed by atoms with Crippen molar-refractivity contribution >= 4 is 57.2 Å². The molecule has 1 fully saturated rings. The van der Waals surface area contributed by atoms with Crippen LogP contribution < -0.4 is 27.6 Å². The third-order valence-corrected chi connectivity index (χ3v) is 13.1. The van der Waals surface area contributed by atoms with Gasteiger partial charge in [0.15, 0.2) is 11.6 Å². The number of benzene rings is 3. The number of hydrogen-bond acceptors (Lipinski definition) is 13. The third-order valence-electron chi connectivity index (χ3n) is 11.8. The van der Waals surface area contributed by atoms with Gasteiger partial charge in [0, 0.05) is 49.8 Å². The van der Waals surface area contributed by atoms with E-state index in [1.54, 1.807) is 50.3 Å². The number of thiazole rings is 1. The first-order chi connectivity index (χ1) is 34.2. The first-order valence-electron chi connectivity index (χ1n) is 22.5. The SMILES string of the molecule is Cc1ncsc1-c1ccc(CNC(=O)C2CC(O)CN2C(=O)C(NC(=O)COCCn2cc(Cn3c(=O)[nH]c(=Nc4cc5cn(C)nc5cc4Cl)n(Cc4cc(F)c(F)cc4F)c3=O)nn2)C(C)(C)C)cc1. The molecule has 0 aliphatic carbocycles. The Hall–Kier alpha value is -7.28. The summed E-state index contributed by atoms with van der Waals surface area (Å²) in [7, 11) is 1.70. The number of nitrogens with one attached hydrogen (secondary N) is 3. The molecule has 378 valence electrons. The number of carbonyl (C=O) groups excluding carboxylic acids is 3. The number of aryl methyl sites for hydroxylation is 2. The number of likely N-dealkylation sites (tertiary alicyclic amines) is 1. The number of nitrogens with zero attached hydrogens (tertiary/aromatic N) is 10. The number of ether oxygens (including phenoxy) is 1. The number of hydrogen-bond donors (Lipinski definition) is 4. The van der Waals surface area contributed by atoms with E-state index in [2.05, 4.69) is 41.0 Å². The summed E-state index contributed by atoms with van der Waals surface area (Å²) in [4.78, 5) is 81.9. The van der Waals surface area contributed by atoms with Gasteiger partial charge in [-0.05, 0) is 41.7 Å². The van der Waals surface area contributed by atoms with Crippen LogP contribution in [0.25, 0.3) is 21.3 Å². The molecule has 1 aliphatic rings. The van der Waals surface area contributed by atoms with Crippen LogP contribution in [0.3, 0.4) is 0 Å². The Morgan fingerprint density at radius 1 is 1.03 bits per heavy atom. The number of β-amino-alcohol motifs (C(OH)–C–C–N with tert-alkyl or cyclic N) is 1. The summed E-state index contributed by atoms with van der Waals surface area (Å²) < 4.78 is 53.2. The molecule has 3 atom stereocenters. The molecule has 4 aromatic heterocycles. The number of aromatic nitrogens is 9. The predicted octanol–water partition coefficient (Wildman–Crippen LogP) is 3.47. The quantitative estimate of drug-likeness (QED) is 0.0807. The van der Waals surface area contributed by atoms with Crippen LogP contribution in [-0.4, -0.2) is 110 Å². The molecule has 0 radical (unpaired) electrons. The number of halogens is 4. The summed E-state index contributed by atoms with van der Waals surface area (Å²) >= 11 is 8.02. The highest BCUT2D eigenvalue weighted by Gasteiger charge is 2.44. The van der Waals surface area contributed by atoms with Gasteiger partial charge in [0.25, 0.3) is 0 Å². The largest absolute Gasteiger partial charge is 0.391 e. The molecule has 25 heteroatoms. The second-order valence-electron chi connectivity index (χ2n) is 18.3. The Labute approximate surface area is 416 Å². The monoisotopic (exact) mass is 1030 g/mol. The normalized spacial score (nSPS) is 15.6. The second kappa shape index (κ2) is 21.2. The lowest BCUT2D eigenvalue weighted by Crippen LogP contribution is -2.58. The highest BCUT2D eigenvalue weighted by molar-refractivity contribution is 7.13. The lowest BCUT2D eigenvalue weighted by atomic mass is 9.85. The van der Waals surface area contributed by atoms with Crippen molar-refractivity contribution in [2.75, 3.05) is 19.8 Å². The van der Waals surface area contributed by atoms with E-state index >= 15 is 0 Å². The Morgan fingerprint density at radius 3 is 2.50 bits per heavy atom. The van der Waals surface area contributed by atoms with E-state index in [9.17, 15) is 42.3 Å². The van der Waals surface area contributed by atoms with Gasteiger partial charge in [-0.3, -0.25) is 28.6 Å². The summed E-state index contributed by atoms with van der Waals surface area (Å²) in [5.74, 6) is -5.55. The predicted molar refractivity (Wildman–Crippen MR) is 257 cm³/mol. The number of H-pyrrole nitrogens is 1. The van der Waals surface area contributed by atoms with Gasteiger partial charge in [-0.2, -0.15) is 5.10 Å². The van der Waals surface area contributed by atoms with Gasteiger partial charge in [0.2, 0.25) is 23.3 Å². The van der Waals surface area contributed by atoms with Gasteiger partial charge in [0.1, 0.15) is 30.2 Å². The van der Waals surface area contributed by atoms with E-state index < -0.39 is 95.4 Å². The molecule has 3 amide bonds. The molecule has 72 heavy (non-hydrogen) atoms. The molecule has 4 N–H and O–H groups in total. The molecule has 1 aliphatic heterocycles. The van der Waals surface area contributed by atoms with Crippen molar-refractivity contribution in [1.82, 2.24) is 59.4 Å². The maximum atomic E-state index is 14.9. The summed E-state index contributed by atoms with van der Waals surface area (Å²) in [6.45, 7) is 5.72. The van der Waals surface area contributed by atoms with Crippen LogP contribution >= 0.6 is 22.9 Å². The summed E-state index contributed by atoms with van der Waals surface area (Å²) in [6, 6.07) is 9.67. The van der Waals surface area contributed by atoms with Crippen molar-refractivity contribution < 1.29 is 37.4 Å². The minimum atomic E-state index is -1.44. The second-order valence-corrected chi connectivity index (χ2v) is 19.6. The lowest BCUT2D eigenvalue weighted by Gasteiger charge is -2.35. The minimum absolute atomic E-state index is 0.0245. The van der Waals surface area contributed by atoms with Crippen molar-refractivity contribution in [2.24, 2.45) is 17.5 Å². The van der Waals surface area contributed by atoms with E-state index in [4.69, 9.17) is 16.3 Å². The van der Waals surface area contributed by atoms with Crippen molar-refractivity contribution in [3.63, 3.8) is 0 Å². The van der Waals surface area contributed by atoms with Crippen molar-refractivity contribution in [3.05, 3.63) is 138 Å². The lowest BCUT2D eigenvalue weighted by molar-refractivity contribution is -0.144. The molecule has 8 rings (SSSR count). The number of rotatable bonds is 16. The molecule has 20 nitrogen and oxygen atoms in total. The molecule has 3 unspecified atom stereocenters. The number of amides is 3. The van der Waals surface area contributed by atoms with Crippen LogP contribution in [0.4, 0.5) is 18.9 Å². The highest BCUT2D eigenvalue weighted by atomic mass is 35.5. The Kier molecular flexibility index (Phi) is 15.0. The molecule has 0 bridgehead atoms. The fraction of sp³-hybridized carbons (Fsp3) is 0.362. The van der Waals surface area contributed by atoms with Gasteiger partial charge in [-0.15, -0.1) is 16.4 Å². The van der Waals surface area contributed by atoms with Crippen LogP contribution in [-0.2, 0) is 52.3 Å². The van der Waals surface area contributed by atoms with Crippen LogP contribution in [0, 0.1) is 29.8 Å². The van der Waals surface area contributed by atoms with Crippen molar-refractivity contribution in [2.45, 2.75) is 78.5 Å². The Bertz CT molecular complexity index is 3380. The first kappa shape index (κ1) is 51.1. The van der Waals surface area contributed by atoms with E-state index in [1.165, 1.54) is 33.2 Å². The van der Waals surface area contributed by atoms with Crippen molar-refractivity contribution in [3.8, 4) is 10.4 Å². The molecule has 0 saturated carbocycles. The third kappa shape index (κ3) is 11.6. The maximum absolute atomic E-state index is 14.9. The highest BCUT2D eigenvalue weighted by Crippen LogP contribution is 2.30. The number of carbonyl (C=O) groups is 3. The molecular weight excluding hydrogens is 983 g/mol. The zero-order valence-electron chi connectivity index (χ0n) is 39.5. The maximum Gasteiger partial charge on any atom is 0.335 e. The van der Waals surface area contributed by atoms with E-state index in [1.807, 2.05) is 31.2 Å². The van der Waals surface area contributed by atoms with Crippen LogP contribution in [0.1, 0.15) is 49.7 Å². The first-order valence-corrected chi connectivity index (χ1v) is 23.7. The zero-order valence-corrected chi connectivity index (χ0v) is 41.1. The Morgan fingerprint density at radius 2 is 1.78 bits per heavy atom.